The molecule has 1 fully saturated rings. The summed E-state index contributed by atoms with van der Waals surface area (Å²) in [6.45, 7) is 5.04. The number of benzene rings is 1. The Morgan fingerprint density at radius 2 is 1.82 bits per heavy atom. The molecule has 7 heteroatoms. The molecule has 2 aromatic rings. The third-order valence-electron chi connectivity index (χ3n) is 7.40. The number of carbonyl (C=O) groups is 2. The van der Waals surface area contributed by atoms with Crippen LogP contribution in [0.4, 0.5) is 0 Å². The van der Waals surface area contributed by atoms with Gasteiger partial charge in [-0.15, -0.1) is 0 Å². The van der Waals surface area contributed by atoms with E-state index in [1.165, 1.54) is 24.8 Å². The van der Waals surface area contributed by atoms with Crippen LogP contribution in [0.3, 0.4) is 0 Å². The van der Waals surface area contributed by atoms with Crippen LogP contribution in [0.2, 0.25) is 0 Å². The van der Waals surface area contributed by atoms with Crippen molar-refractivity contribution in [1.82, 2.24) is 20.0 Å². The van der Waals surface area contributed by atoms with E-state index in [0.717, 1.165) is 43.4 Å². The first-order valence-corrected chi connectivity index (χ1v) is 12.8. The van der Waals surface area contributed by atoms with Crippen LogP contribution in [0.15, 0.2) is 30.3 Å². The molecule has 1 N–H and O–H groups in total. The van der Waals surface area contributed by atoms with Gasteiger partial charge in [0.1, 0.15) is 11.2 Å². The summed E-state index contributed by atoms with van der Waals surface area (Å²) in [7, 11) is 1.61. The third-order valence-corrected chi connectivity index (χ3v) is 7.40. The molecule has 0 unspecified atom stereocenters. The van der Waals surface area contributed by atoms with Crippen molar-refractivity contribution in [2.24, 2.45) is 0 Å². The van der Waals surface area contributed by atoms with Crippen molar-refractivity contribution < 1.29 is 14.3 Å². The number of carbonyl (C=O) groups excluding carboxylic acids is 2. The Bertz CT molecular complexity index is 992. The molecule has 0 radical (unpaired) electrons. The maximum atomic E-state index is 13.7. The molecule has 0 saturated heterocycles. The Hall–Kier alpha value is -2.67. The average Bonchev–Trinajstić information content (AvgIpc) is 3.24. The average molecular weight is 467 g/mol. The Morgan fingerprint density at radius 3 is 2.47 bits per heavy atom. The van der Waals surface area contributed by atoms with Gasteiger partial charge in [0, 0.05) is 25.3 Å². The molecular formula is C27H38N4O3. The van der Waals surface area contributed by atoms with Crippen molar-refractivity contribution in [3.05, 3.63) is 41.6 Å². The molecule has 2 amide bonds. The van der Waals surface area contributed by atoms with E-state index in [4.69, 9.17) is 9.84 Å². The zero-order chi connectivity index (χ0) is 24.1. The highest BCUT2D eigenvalue weighted by Gasteiger charge is 2.48. The van der Waals surface area contributed by atoms with Crippen LogP contribution >= 0.6 is 0 Å². The molecule has 2 heterocycles. The summed E-state index contributed by atoms with van der Waals surface area (Å²) < 4.78 is 7.00. The summed E-state index contributed by atoms with van der Waals surface area (Å²) in [5, 5.41) is 8.04. The highest BCUT2D eigenvalue weighted by molar-refractivity contribution is 6.00. The van der Waals surface area contributed by atoms with Gasteiger partial charge in [-0.3, -0.25) is 14.3 Å². The summed E-state index contributed by atoms with van der Waals surface area (Å²) in [6, 6.07) is 10.3. The normalized spacial score (nSPS) is 21.6. The molecule has 4 rings (SSSR count). The lowest BCUT2D eigenvalue weighted by molar-refractivity contribution is -0.134. The van der Waals surface area contributed by atoms with Crippen molar-refractivity contribution in [1.29, 1.82) is 0 Å². The van der Waals surface area contributed by atoms with Gasteiger partial charge in [0.15, 0.2) is 0 Å². The van der Waals surface area contributed by atoms with Gasteiger partial charge in [-0.1, -0.05) is 63.3 Å². The number of ether oxygens (including phenoxy) is 1. The maximum Gasteiger partial charge on any atom is 0.273 e. The largest absolute Gasteiger partial charge is 0.383 e. The van der Waals surface area contributed by atoms with Crippen molar-refractivity contribution >= 4 is 11.8 Å². The Morgan fingerprint density at radius 1 is 1.15 bits per heavy atom. The molecule has 1 aromatic heterocycles. The van der Waals surface area contributed by atoms with Crippen molar-refractivity contribution in [3.63, 3.8) is 0 Å². The third kappa shape index (κ3) is 5.04. The number of amides is 2. The Balaban J connectivity index is 1.61. The smallest absolute Gasteiger partial charge is 0.273 e. The molecule has 1 atom stereocenters. The zero-order valence-electron chi connectivity index (χ0n) is 20.8. The van der Waals surface area contributed by atoms with Crippen molar-refractivity contribution in [2.45, 2.75) is 83.3 Å². The molecule has 1 aliphatic carbocycles. The Kier molecular flexibility index (Phi) is 7.71. The van der Waals surface area contributed by atoms with Gasteiger partial charge < -0.3 is 15.0 Å². The van der Waals surface area contributed by atoms with E-state index in [9.17, 15) is 9.59 Å². The number of nitrogens with one attached hydrogen (secondary N) is 1. The van der Waals surface area contributed by atoms with Gasteiger partial charge in [0.25, 0.3) is 5.91 Å². The predicted molar refractivity (Wildman–Crippen MR) is 133 cm³/mol. The fourth-order valence-corrected chi connectivity index (χ4v) is 5.17. The number of methoxy groups -OCH3 is 1. The summed E-state index contributed by atoms with van der Waals surface area (Å²) in [6.07, 6.45) is 8.97. The highest BCUT2D eigenvalue weighted by Crippen LogP contribution is 2.30. The van der Waals surface area contributed by atoms with Crippen LogP contribution in [0.1, 0.15) is 74.8 Å². The van der Waals surface area contributed by atoms with Crippen LogP contribution in [0.5, 0.6) is 0 Å². The highest BCUT2D eigenvalue weighted by atomic mass is 16.5. The minimum atomic E-state index is -1.03. The van der Waals surface area contributed by atoms with E-state index in [1.54, 1.807) is 16.7 Å². The minimum absolute atomic E-state index is 0.0995. The fourth-order valence-electron chi connectivity index (χ4n) is 5.17. The van der Waals surface area contributed by atoms with E-state index in [1.807, 2.05) is 25.1 Å². The molecule has 34 heavy (non-hydrogen) atoms. The van der Waals surface area contributed by atoms with Gasteiger partial charge in [-0.05, 0) is 37.8 Å². The lowest BCUT2D eigenvalue weighted by Crippen LogP contribution is -2.65. The van der Waals surface area contributed by atoms with E-state index < -0.39 is 5.54 Å². The van der Waals surface area contributed by atoms with Crippen LogP contribution in [-0.2, 0) is 22.5 Å². The lowest BCUT2D eigenvalue weighted by Gasteiger charge is -2.43. The molecular weight excluding hydrogens is 428 g/mol. The fraction of sp³-hybridized carbons (Fsp3) is 0.593. The van der Waals surface area contributed by atoms with Gasteiger partial charge in [-0.2, -0.15) is 5.10 Å². The first-order valence-electron chi connectivity index (χ1n) is 12.8. The van der Waals surface area contributed by atoms with Crippen molar-refractivity contribution in [3.8, 4) is 11.3 Å². The number of nitrogens with zero attached hydrogens (tertiary/aromatic N) is 3. The number of aromatic nitrogens is 2. The van der Waals surface area contributed by atoms with Gasteiger partial charge in [0.05, 0.1) is 18.8 Å². The minimum Gasteiger partial charge on any atom is -0.383 e. The van der Waals surface area contributed by atoms with Gasteiger partial charge in [0.2, 0.25) is 5.91 Å². The summed E-state index contributed by atoms with van der Waals surface area (Å²) in [5.74, 6) is -0.278. The molecule has 184 valence electrons. The number of hydrogen-bond acceptors (Lipinski definition) is 4. The second kappa shape index (κ2) is 10.7. The predicted octanol–water partition coefficient (Wildman–Crippen LogP) is 4.20. The number of rotatable bonds is 7. The molecule has 1 saturated carbocycles. The Labute approximate surface area is 202 Å². The van der Waals surface area contributed by atoms with E-state index in [0.29, 0.717) is 25.4 Å². The molecule has 7 nitrogen and oxygen atoms in total. The molecule has 0 bridgehead atoms. The van der Waals surface area contributed by atoms with Crippen LogP contribution in [0.25, 0.3) is 11.3 Å². The maximum absolute atomic E-state index is 13.7. The summed E-state index contributed by atoms with van der Waals surface area (Å²) in [5.41, 5.74) is 2.47. The summed E-state index contributed by atoms with van der Waals surface area (Å²) >= 11 is 0. The lowest BCUT2D eigenvalue weighted by atomic mass is 9.92. The topological polar surface area (TPSA) is 76.5 Å². The van der Waals surface area contributed by atoms with E-state index >= 15 is 0 Å². The van der Waals surface area contributed by atoms with Crippen LogP contribution in [0, 0.1) is 0 Å². The standard InChI is InChI=1S/C27H38N4O3/c1-4-20-12-14-21(15-13-20)23-18-24-25(32)30(16-17-34-3)27(2,19-31(24)29-23)26(33)28-22-10-8-6-5-7-9-11-22/h12-15,18,22H,4-11,16-17,19H2,1-3H3,(H,28,33)/t27-/m1/s1. The van der Waals surface area contributed by atoms with E-state index in [2.05, 4.69) is 24.4 Å². The zero-order valence-corrected chi connectivity index (χ0v) is 20.8. The van der Waals surface area contributed by atoms with Crippen LogP contribution < -0.4 is 5.32 Å². The van der Waals surface area contributed by atoms with Crippen LogP contribution in [-0.4, -0.2) is 58.3 Å². The van der Waals surface area contributed by atoms with Gasteiger partial charge in [-0.25, -0.2) is 0 Å². The SMILES string of the molecule is CCc1ccc(-c2cc3n(n2)C[C@](C)(C(=O)NC2CCCCCCC2)N(CCOC)C3=O)cc1. The summed E-state index contributed by atoms with van der Waals surface area (Å²) in [4.78, 5) is 29.0. The second-order valence-corrected chi connectivity index (χ2v) is 9.86. The van der Waals surface area contributed by atoms with E-state index in [-0.39, 0.29) is 17.9 Å². The number of hydrogen-bond donors (Lipinski definition) is 1. The quantitative estimate of drug-likeness (QED) is 0.663. The monoisotopic (exact) mass is 466 g/mol. The number of aryl methyl sites for hydroxylation is 1. The molecule has 1 aliphatic heterocycles. The second-order valence-electron chi connectivity index (χ2n) is 9.86. The first-order chi connectivity index (χ1) is 16.5. The van der Waals surface area contributed by atoms with Gasteiger partial charge >= 0.3 is 0 Å². The van der Waals surface area contributed by atoms with Crippen molar-refractivity contribution in [2.75, 3.05) is 20.3 Å². The number of fused-ring (bicyclic) bond motifs is 1. The first kappa shape index (κ1) is 24.5. The molecule has 0 spiro atoms. The molecule has 2 aliphatic rings. The molecule has 1 aromatic carbocycles.